The lowest BCUT2D eigenvalue weighted by atomic mass is 9.79. The maximum Gasteiger partial charge on any atom is 0.0537 e. The Hall–Kier alpha value is -3.82. The maximum absolute atomic E-state index is 4.15. The van der Waals surface area contributed by atoms with E-state index in [0.717, 1.165) is 32.1 Å². The van der Waals surface area contributed by atoms with Crippen LogP contribution in [-0.4, -0.2) is 40.0 Å². The topological polar surface area (TPSA) is 18.5 Å². The summed E-state index contributed by atoms with van der Waals surface area (Å²) in [5.41, 5.74) is 12.5. The highest BCUT2D eigenvalue weighted by Crippen LogP contribution is 2.50. The van der Waals surface area contributed by atoms with Gasteiger partial charge in [0.2, 0.25) is 0 Å². The van der Waals surface area contributed by atoms with Crippen LogP contribution in [0.4, 0.5) is 0 Å². The van der Waals surface area contributed by atoms with Crippen molar-refractivity contribution in [2.24, 2.45) is 17.8 Å². The Labute approximate surface area is 300 Å². The van der Waals surface area contributed by atoms with Gasteiger partial charge in [0.25, 0.3) is 0 Å². The van der Waals surface area contributed by atoms with Gasteiger partial charge in [-0.15, -0.1) is 0 Å². The summed E-state index contributed by atoms with van der Waals surface area (Å²) >= 11 is 0. The molecule has 1 N–H and O–H groups in total. The van der Waals surface area contributed by atoms with E-state index in [1.54, 1.807) is 28.0 Å². The van der Waals surface area contributed by atoms with E-state index in [9.17, 15) is 0 Å². The van der Waals surface area contributed by atoms with Crippen LogP contribution in [0.3, 0.4) is 0 Å². The average Bonchev–Trinajstić information content (AvgIpc) is 3.71. The summed E-state index contributed by atoms with van der Waals surface area (Å²) in [6, 6.07) is 2.17. The van der Waals surface area contributed by atoms with Gasteiger partial charge in [-0.2, -0.15) is 0 Å². The number of hydrogen-bond donors (Lipinski definition) is 1. The van der Waals surface area contributed by atoms with Gasteiger partial charge < -0.3 is 15.1 Å². The molecule has 0 aromatic heterocycles. The molecule has 256 valence electrons. The number of hydrogen-bond acceptors (Lipinski definition) is 3. The van der Waals surface area contributed by atoms with Gasteiger partial charge in [-0.3, -0.25) is 0 Å². The molecule has 0 aromatic carbocycles. The van der Waals surface area contributed by atoms with Crippen molar-refractivity contribution in [3.05, 3.63) is 154 Å². The highest BCUT2D eigenvalue weighted by molar-refractivity contribution is 5.52. The summed E-state index contributed by atoms with van der Waals surface area (Å²) < 4.78 is 0. The Balaban J connectivity index is 1.09. The third-order valence-corrected chi connectivity index (χ3v) is 13.4. The fraction of sp³-hybridized carbons (Fsp3) is 0.447. The minimum Gasteiger partial charge on any atom is -0.364 e. The number of nitrogens with one attached hydrogen (secondary N) is 1. The molecule has 10 aliphatic rings. The van der Waals surface area contributed by atoms with E-state index < -0.39 is 0 Å². The van der Waals surface area contributed by atoms with Crippen molar-refractivity contribution in [2.75, 3.05) is 0 Å². The highest BCUT2D eigenvalue weighted by Gasteiger charge is 2.45. The summed E-state index contributed by atoms with van der Waals surface area (Å²) in [7, 11) is 0. The lowest BCUT2D eigenvalue weighted by molar-refractivity contribution is 0.190. The second kappa shape index (κ2) is 13.1. The predicted molar refractivity (Wildman–Crippen MR) is 207 cm³/mol. The molecule has 50 heavy (non-hydrogen) atoms. The lowest BCUT2D eigenvalue weighted by Crippen LogP contribution is -2.47. The van der Waals surface area contributed by atoms with Crippen LogP contribution in [0.25, 0.3) is 0 Å². The molecule has 0 saturated heterocycles. The van der Waals surface area contributed by atoms with Gasteiger partial charge in [0.1, 0.15) is 0 Å². The Morgan fingerprint density at radius 1 is 0.680 bits per heavy atom. The average molecular weight is 660 g/mol. The maximum atomic E-state index is 4.15. The molecule has 3 aliphatic heterocycles. The molecule has 8 unspecified atom stereocenters. The molecule has 3 heteroatoms. The summed E-state index contributed by atoms with van der Waals surface area (Å²) in [5.74, 6) is 1.62. The Morgan fingerprint density at radius 2 is 1.54 bits per heavy atom. The molecule has 8 atom stereocenters. The van der Waals surface area contributed by atoms with Crippen LogP contribution in [0.2, 0.25) is 0 Å². The first-order valence-electron chi connectivity index (χ1n) is 20.1. The Kier molecular flexibility index (Phi) is 8.08. The SMILES string of the molecule is C1=CCC(C2CC(C3=CC(N4C5=C(CCC=C5)C5C=CCCC54)=CC(N4C5=C(C=CCC5)C5C=CCCC54)C3)=CC(C3=CCCC=C3)N2)C=C1. The minimum absolute atomic E-state index is 0.265. The Morgan fingerprint density at radius 3 is 2.42 bits per heavy atom. The number of fused-ring (bicyclic) bond motifs is 4. The first kappa shape index (κ1) is 31.0. The van der Waals surface area contributed by atoms with E-state index in [4.69, 9.17) is 0 Å². The van der Waals surface area contributed by atoms with Gasteiger partial charge >= 0.3 is 0 Å². The molecule has 3 nitrogen and oxygen atoms in total. The van der Waals surface area contributed by atoms with Crippen molar-refractivity contribution < 1.29 is 0 Å². The largest absolute Gasteiger partial charge is 0.364 e. The van der Waals surface area contributed by atoms with Gasteiger partial charge in [-0.05, 0) is 135 Å². The first-order chi connectivity index (χ1) is 24.8. The molecule has 0 amide bonds. The molecular weight excluding hydrogens is 607 g/mol. The smallest absolute Gasteiger partial charge is 0.0537 e. The molecule has 0 fully saturated rings. The second-order valence-electron chi connectivity index (χ2n) is 16.2. The molecule has 3 heterocycles. The molecule has 7 aliphatic carbocycles. The van der Waals surface area contributed by atoms with Gasteiger partial charge in [0.05, 0.1) is 12.1 Å². The molecule has 0 spiro atoms. The van der Waals surface area contributed by atoms with E-state index >= 15 is 0 Å². The van der Waals surface area contributed by atoms with Gasteiger partial charge in [0, 0.05) is 47.1 Å². The standard InChI is InChI=1S/C47H53N3/c1-3-15-32(16-4-1)42-29-35(30-43(48-42)33-17-5-2-6-18-33)34-27-36(49-44-23-11-7-19-38(44)39-20-8-12-24-45(39)49)31-37(28-34)50-46-25-13-9-21-40(46)41-22-10-14-26-47(41)50/h1,3-5,7-9,14-15,17-21,26,28,30-32,36,38,40,42-44,46,48H,2,6,10-13,16,22-25,27,29H2. The molecule has 0 bridgehead atoms. The number of nitrogens with zero attached hydrogens (tertiary/aromatic N) is 2. The number of rotatable bonds is 5. The van der Waals surface area contributed by atoms with Crippen molar-refractivity contribution in [1.29, 1.82) is 0 Å². The van der Waals surface area contributed by atoms with Crippen molar-refractivity contribution in [1.82, 2.24) is 15.1 Å². The van der Waals surface area contributed by atoms with Crippen molar-refractivity contribution in [3.63, 3.8) is 0 Å². The summed E-state index contributed by atoms with van der Waals surface area (Å²) in [6.45, 7) is 0. The minimum atomic E-state index is 0.265. The molecule has 0 saturated carbocycles. The predicted octanol–water partition coefficient (Wildman–Crippen LogP) is 10.1. The summed E-state index contributed by atoms with van der Waals surface area (Å²) in [5, 5.41) is 4.15. The van der Waals surface area contributed by atoms with E-state index in [2.05, 4.69) is 124 Å². The van der Waals surface area contributed by atoms with Crippen molar-refractivity contribution in [3.8, 4) is 0 Å². The van der Waals surface area contributed by atoms with Gasteiger partial charge in [0.15, 0.2) is 0 Å². The van der Waals surface area contributed by atoms with Gasteiger partial charge in [-0.25, -0.2) is 0 Å². The van der Waals surface area contributed by atoms with Crippen molar-refractivity contribution >= 4 is 0 Å². The quantitative estimate of drug-likeness (QED) is 0.297. The molecular formula is C47H53N3. The summed E-state index contributed by atoms with van der Waals surface area (Å²) in [4.78, 5) is 5.78. The fourth-order valence-corrected chi connectivity index (χ4v) is 11.2. The van der Waals surface area contributed by atoms with E-state index in [-0.39, 0.29) is 6.04 Å². The van der Waals surface area contributed by atoms with Crippen LogP contribution in [0.5, 0.6) is 0 Å². The van der Waals surface area contributed by atoms with Crippen LogP contribution < -0.4 is 5.32 Å². The first-order valence-corrected chi connectivity index (χ1v) is 20.1. The molecule has 0 aromatic rings. The van der Waals surface area contributed by atoms with Crippen LogP contribution in [0.15, 0.2) is 154 Å². The zero-order chi connectivity index (χ0) is 33.0. The lowest BCUT2D eigenvalue weighted by Gasteiger charge is -2.43. The van der Waals surface area contributed by atoms with Crippen molar-refractivity contribution in [2.45, 2.75) is 114 Å². The molecule has 0 radical (unpaired) electrons. The Bertz CT molecular complexity index is 1830. The fourth-order valence-electron chi connectivity index (χ4n) is 11.2. The third-order valence-electron chi connectivity index (χ3n) is 13.4. The highest BCUT2D eigenvalue weighted by atomic mass is 15.2. The van der Waals surface area contributed by atoms with E-state index in [1.165, 1.54) is 68.3 Å². The van der Waals surface area contributed by atoms with Crippen LogP contribution in [0, 0.1) is 17.8 Å². The zero-order valence-corrected chi connectivity index (χ0v) is 29.6. The van der Waals surface area contributed by atoms with E-state index in [1.807, 2.05) is 0 Å². The van der Waals surface area contributed by atoms with Crippen LogP contribution in [0.1, 0.15) is 83.5 Å². The number of allylic oxidation sites excluding steroid dienone is 13. The molecule has 10 rings (SSSR count). The normalized spacial score (nSPS) is 37.0. The van der Waals surface area contributed by atoms with Crippen LogP contribution >= 0.6 is 0 Å². The third kappa shape index (κ3) is 5.34. The van der Waals surface area contributed by atoms with E-state index in [0.29, 0.717) is 41.9 Å². The monoisotopic (exact) mass is 659 g/mol. The van der Waals surface area contributed by atoms with Gasteiger partial charge in [-0.1, -0.05) is 91.1 Å². The zero-order valence-electron chi connectivity index (χ0n) is 29.6. The second-order valence-corrected chi connectivity index (χ2v) is 16.2. The van der Waals surface area contributed by atoms with Crippen LogP contribution in [-0.2, 0) is 0 Å². The summed E-state index contributed by atoms with van der Waals surface area (Å²) in [6.07, 6.45) is 59.7.